The summed E-state index contributed by atoms with van der Waals surface area (Å²) in [5.41, 5.74) is 1.28. The SMILES string of the molecule is C[C@@H](NC1CCNCC1)c1ccc[nH]1. The molecule has 0 radical (unpaired) electrons. The average Bonchev–Trinajstić information content (AvgIpc) is 2.72. The lowest BCUT2D eigenvalue weighted by molar-refractivity contribution is 0.357. The summed E-state index contributed by atoms with van der Waals surface area (Å²) in [4.78, 5) is 3.25. The van der Waals surface area contributed by atoms with Gasteiger partial charge in [-0.25, -0.2) is 0 Å². The summed E-state index contributed by atoms with van der Waals surface area (Å²) in [5.74, 6) is 0. The van der Waals surface area contributed by atoms with Gasteiger partial charge < -0.3 is 15.6 Å². The molecule has 0 spiro atoms. The zero-order valence-electron chi connectivity index (χ0n) is 8.72. The third-order valence-electron chi connectivity index (χ3n) is 2.91. The van der Waals surface area contributed by atoms with Crippen molar-refractivity contribution in [2.75, 3.05) is 13.1 Å². The van der Waals surface area contributed by atoms with Crippen LogP contribution in [0.5, 0.6) is 0 Å². The molecule has 1 fully saturated rings. The third kappa shape index (κ3) is 2.36. The minimum absolute atomic E-state index is 0.438. The van der Waals surface area contributed by atoms with Gasteiger partial charge in [-0.3, -0.25) is 0 Å². The number of rotatable bonds is 3. The Morgan fingerprint density at radius 3 is 2.86 bits per heavy atom. The molecule has 1 aliphatic rings. The summed E-state index contributed by atoms with van der Waals surface area (Å²) < 4.78 is 0. The Morgan fingerprint density at radius 2 is 2.21 bits per heavy atom. The van der Waals surface area contributed by atoms with Crippen LogP contribution in [0.1, 0.15) is 31.5 Å². The summed E-state index contributed by atoms with van der Waals surface area (Å²) >= 11 is 0. The largest absolute Gasteiger partial charge is 0.364 e. The standard InChI is InChI=1S/C11H19N3/c1-9(11-3-2-6-13-11)14-10-4-7-12-8-5-10/h2-3,6,9-10,12-14H,4-5,7-8H2,1H3/t9-/m1/s1. The molecule has 14 heavy (non-hydrogen) atoms. The Kier molecular flexibility index (Phi) is 3.22. The third-order valence-corrected chi connectivity index (χ3v) is 2.91. The fraction of sp³-hybridized carbons (Fsp3) is 0.636. The average molecular weight is 193 g/mol. The second-order valence-corrected chi connectivity index (χ2v) is 4.04. The highest BCUT2D eigenvalue weighted by molar-refractivity contribution is 5.08. The molecule has 3 nitrogen and oxygen atoms in total. The number of aromatic nitrogens is 1. The number of aromatic amines is 1. The fourth-order valence-corrected chi connectivity index (χ4v) is 2.05. The number of piperidine rings is 1. The smallest absolute Gasteiger partial charge is 0.0446 e. The second-order valence-electron chi connectivity index (χ2n) is 4.04. The zero-order valence-corrected chi connectivity index (χ0v) is 8.72. The van der Waals surface area contributed by atoms with Gasteiger partial charge in [0.25, 0.3) is 0 Å². The van der Waals surface area contributed by atoms with Crippen LogP contribution in [0.25, 0.3) is 0 Å². The predicted molar refractivity (Wildman–Crippen MR) is 58.2 cm³/mol. The number of hydrogen-bond acceptors (Lipinski definition) is 2. The van der Waals surface area contributed by atoms with Crippen molar-refractivity contribution in [3.05, 3.63) is 24.0 Å². The molecular formula is C11H19N3. The molecule has 1 saturated heterocycles. The summed E-state index contributed by atoms with van der Waals surface area (Å²) in [5, 5.41) is 7.02. The first-order valence-electron chi connectivity index (χ1n) is 5.46. The Labute approximate surface area is 85.3 Å². The van der Waals surface area contributed by atoms with E-state index in [2.05, 4.69) is 34.7 Å². The van der Waals surface area contributed by atoms with Crippen molar-refractivity contribution in [3.63, 3.8) is 0 Å². The highest BCUT2D eigenvalue weighted by Crippen LogP contribution is 2.12. The zero-order chi connectivity index (χ0) is 9.80. The van der Waals surface area contributed by atoms with E-state index in [0.29, 0.717) is 12.1 Å². The Hall–Kier alpha value is -0.800. The van der Waals surface area contributed by atoms with Crippen LogP contribution in [0.4, 0.5) is 0 Å². The molecule has 2 rings (SSSR count). The summed E-state index contributed by atoms with van der Waals surface area (Å²) in [7, 11) is 0. The van der Waals surface area contributed by atoms with Gasteiger partial charge in [0.1, 0.15) is 0 Å². The van der Waals surface area contributed by atoms with Crippen molar-refractivity contribution in [2.45, 2.75) is 31.8 Å². The minimum Gasteiger partial charge on any atom is -0.364 e. The number of hydrogen-bond donors (Lipinski definition) is 3. The van der Waals surface area contributed by atoms with Crippen LogP contribution < -0.4 is 10.6 Å². The van der Waals surface area contributed by atoms with Crippen LogP contribution in [0.2, 0.25) is 0 Å². The highest BCUT2D eigenvalue weighted by Gasteiger charge is 2.15. The monoisotopic (exact) mass is 193 g/mol. The molecule has 0 unspecified atom stereocenters. The molecule has 78 valence electrons. The van der Waals surface area contributed by atoms with E-state index in [1.807, 2.05) is 6.20 Å². The van der Waals surface area contributed by atoms with Crippen molar-refractivity contribution in [3.8, 4) is 0 Å². The second kappa shape index (κ2) is 4.62. The quantitative estimate of drug-likeness (QED) is 0.679. The topological polar surface area (TPSA) is 39.8 Å². The number of nitrogens with one attached hydrogen (secondary N) is 3. The maximum atomic E-state index is 3.65. The van der Waals surface area contributed by atoms with Gasteiger partial charge >= 0.3 is 0 Å². The molecule has 3 heteroatoms. The molecule has 1 aromatic heterocycles. The molecule has 0 aromatic carbocycles. The Bertz CT molecular complexity index is 250. The summed E-state index contributed by atoms with van der Waals surface area (Å²) in [6.07, 6.45) is 4.46. The van der Waals surface area contributed by atoms with Gasteiger partial charge in [0.2, 0.25) is 0 Å². The van der Waals surface area contributed by atoms with E-state index in [-0.39, 0.29) is 0 Å². The van der Waals surface area contributed by atoms with E-state index in [9.17, 15) is 0 Å². The lowest BCUT2D eigenvalue weighted by Crippen LogP contribution is -2.41. The molecule has 3 N–H and O–H groups in total. The van der Waals surface area contributed by atoms with E-state index in [1.54, 1.807) is 0 Å². The van der Waals surface area contributed by atoms with Crippen molar-refractivity contribution in [1.82, 2.24) is 15.6 Å². The molecule has 0 bridgehead atoms. The molecule has 0 aliphatic carbocycles. The van der Waals surface area contributed by atoms with Crippen LogP contribution in [-0.2, 0) is 0 Å². The van der Waals surface area contributed by atoms with Crippen LogP contribution >= 0.6 is 0 Å². The molecular weight excluding hydrogens is 174 g/mol. The maximum absolute atomic E-state index is 3.65. The molecule has 1 aliphatic heterocycles. The predicted octanol–water partition coefficient (Wildman–Crippen LogP) is 1.42. The minimum atomic E-state index is 0.438. The van der Waals surface area contributed by atoms with Crippen molar-refractivity contribution < 1.29 is 0 Å². The first-order chi connectivity index (χ1) is 6.86. The van der Waals surface area contributed by atoms with Crippen LogP contribution in [-0.4, -0.2) is 24.1 Å². The van der Waals surface area contributed by atoms with Crippen molar-refractivity contribution in [1.29, 1.82) is 0 Å². The van der Waals surface area contributed by atoms with E-state index in [0.717, 1.165) is 13.1 Å². The first-order valence-corrected chi connectivity index (χ1v) is 5.46. The van der Waals surface area contributed by atoms with E-state index >= 15 is 0 Å². The van der Waals surface area contributed by atoms with Crippen molar-refractivity contribution in [2.24, 2.45) is 0 Å². The Morgan fingerprint density at radius 1 is 1.43 bits per heavy atom. The van der Waals surface area contributed by atoms with Crippen LogP contribution in [0.3, 0.4) is 0 Å². The van der Waals surface area contributed by atoms with E-state index < -0.39 is 0 Å². The van der Waals surface area contributed by atoms with Gasteiger partial charge in [-0.15, -0.1) is 0 Å². The first kappa shape index (κ1) is 9.74. The molecule has 1 atom stereocenters. The maximum Gasteiger partial charge on any atom is 0.0446 e. The van der Waals surface area contributed by atoms with Crippen molar-refractivity contribution >= 4 is 0 Å². The van der Waals surface area contributed by atoms with Gasteiger partial charge in [-0.1, -0.05) is 0 Å². The van der Waals surface area contributed by atoms with Gasteiger partial charge in [-0.05, 0) is 45.0 Å². The van der Waals surface area contributed by atoms with Gasteiger partial charge in [-0.2, -0.15) is 0 Å². The summed E-state index contributed by atoms with van der Waals surface area (Å²) in [6.45, 7) is 4.51. The molecule has 1 aromatic rings. The number of H-pyrrole nitrogens is 1. The van der Waals surface area contributed by atoms with Gasteiger partial charge in [0.15, 0.2) is 0 Å². The van der Waals surface area contributed by atoms with E-state index in [1.165, 1.54) is 18.5 Å². The molecule has 2 heterocycles. The lowest BCUT2D eigenvalue weighted by atomic mass is 10.1. The van der Waals surface area contributed by atoms with Gasteiger partial charge in [0.05, 0.1) is 0 Å². The van der Waals surface area contributed by atoms with Gasteiger partial charge in [0, 0.05) is 24.0 Å². The lowest BCUT2D eigenvalue weighted by Gasteiger charge is -2.26. The van der Waals surface area contributed by atoms with Crippen LogP contribution in [0, 0.1) is 0 Å². The molecule has 0 amide bonds. The molecule has 0 saturated carbocycles. The Balaban J connectivity index is 1.84. The normalized spacial score (nSPS) is 20.9. The van der Waals surface area contributed by atoms with E-state index in [4.69, 9.17) is 0 Å². The summed E-state index contributed by atoms with van der Waals surface area (Å²) in [6, 6.07) is 5.30. The van der Waals surface area contributed by atoms with Crippen LogP contribution in [0.15, 0.2) is 18.3 Å². The highest BCUT2D eigenvalue weighted by atomic mass is 15.0. The fourth-order valence-electron chi connectivity index (χ4n) is 2.05.